The number of amides is 2. The molecule has 1 unspecified atom stereocenters. The molecule has 0 fully saturated rings. The van der Waals surface area contributed by atoms with Gasteiger partial charge >= 0.3 is 12.0 Å². The number of urea groups is 1. The van der Waals surface area contributed by atoms with Gasteiger partial charge in [-0.25, -0.2) is 4.79 Å². The number of carboxylic acids is 1. The summed E-state index contributed by atoms with van der Waals surface area (Å²) in [5.74, 6) is -0.898. The van der Waals surface area contributed by atoms with E-state index in [1.807, 2.05) is 0 Å². The van der Waals surface area contributed by atoms with Gasteiger partial charge in [-0.2, -0.15) is 0 Å². The number of hydrogen-bond donors (Lipinski definition) is 2. The van der Waals surface area contributed by atoms with Crippen LogP contribution < -0.4 is 10.1 Å². The molecule has 7 heteroatoms. The van der Waals surface area contributed by atoms with Crippen molar-refractivity contribution in [3.63, 3.8) is 0 Å². The van der Waals surface area contributed by atoms with E-state index in [9.17, 15) is 9.59 Å². The van der Waals surface area contributed by atoms with E-state index in [2.05, 4.69) is 31.1 Å². The standard InChI is InChI=1S/C18H29N3O4/c1-13(16(22)23)12-21(5)17(24)20-10-14-6-8-19-11-15(14)25-9-7-18(2,3)4/h6,8,11,13H,7,9-10,12H2,1-5H3,(H,20,24)(H,22,23). The first-order valence-electron chi connectivity index (χ1n) is 8.37. The quantitative estimate of drug-likeness (QED) is 0.751. The SMILES string of the molecule is CC(CN(C)C(=O)NCc1ccncc1OCCC(C)(C)C)C(=O)O. The summed E-state index contributed by atoms with van der Waals surface area (Å²) >= 11 is 0. The molecule has 0 aromatic carbocycles. The van der Waals surface area contributed by atoms with Crippen molar-refractivity contribution in [1.82, 2.24) is 15.2 Å². The van der Waals surface area contributed by atoms with Crippen LogP contribution in [0.5, 0.6) is 5.75 Å². The van der Waals surface area contributed by atoms with Crippen molar-refractivity contribution in [2.75, 3.05) is 20.2 Å². The molecule has 1 aromatic heterocycles. The zero-order valence-corrected chi connectivity index (χ0v) is 15.7. The normalized spacial score (nSPS) is 12.4. The summed E-state index contributed by atoms with van der Waals surface area (Å²) in [5.41, 5.74) is 1.01. The number of rotatable bonds is 8. The van der Waals surface area contributed by atoms with Crippen LogP contribution in [-0.2, 0) is 11.3 Å². The van der Waals surface area contributed by atoms with Crippen molar-refractivity contribution in [3.8, 4) is 5.75 Å². The van der Waals surface area contributed by atoms with Crippen LogP contribution in [-0.4, -0.2) is 47.2 Å². The number of aromatic nitrogens is 1. The molecule has 2 amide bonds. The van der Waals surface area contributed by atoms with Crippen molar-refractivity contribution in [2.45, 2.75) is 40.7 Å². The number of nitrogens with one attached hydrogen (secondary N) is 1. The molecule has 0 spiro atoms. The van der Waals surface area contributed by atoms with E-state index in [1.54, 1.807) is 32.4 Å². The molecule has 0 aliphatic heterocycles. The van der Waals surface area contributed by atoms with Gasteiger partial charge in [0.2, 0.25) is 0 Å². The maximum atomic E-state index is 12.1. The molecule has 0 bridgehead atoms. The summed E-state index contributed by atoms with van der Waals surface area (Å²) in [6.45, 7) is 9.02. The Morgan fingerprint density at radius 2 is 2.08 bits per heavy atom. The lowest BCUT2D eigenvalue weighted by atomic mass is 9.93. The second-order valence-corrected chi connectivity index (χ2v) is 7.42. The van der Waals surface area contributed by atoms with E-state index in [4.69, 9.17) is 9.84 Å². The Morgan fingerprint density at radius 1 is 1.40 bits per heavy atom. The van der Waals surface area contributed by atoms with E-state index >= 15 is 0 Å². The van der Waals surface area contributed by atoms with Gasteiger partial charge in [-0.3, -0.25) is 9.78 Å². The Bertz CT molecular complexity index is 584. The number of carbonyl (C=O) groups excluding carboxylic acids is 1. The van der Waals surface area contributed by atoms with Crippen LogP contribution in [0.2, 0.25) is 0 Å². The van der Waals surface area contributed by atoms with Crippen LogP contribution in [0, 0.1) is 11.3 Å². The second kappa shape index (κ2) is 9.25. The summed E-state index contributed by atoms with van der Waals surface area (Å²) in [6, 6.07) is 1.47. The molecule has 7 nitrogen and oxygen atoms in total. The average Bonchev–Trinajstić information content (AvgIpc) is 2.52. The second-order valence-electron chi connectivity index (χ2n) is 7.42. The Morgan fingerprint density at radius 3 is 2.68 bits per heavy atom. The lowest BCUT2D eigenvalue weighted by molar-refractivity contribution is -0.141. The van der Waals surface area contributed by atoms with Gasteiger partial charge in [0.1, 0.15) is 5.75 Å². The number of carbonyl (C=O) groups is 2. The van der Waals surface area contributed by atoms with E-state index in [-0.39, 0.29) is 24.5 Å². The van der Waals surface area contributed by atoms with Crippen molar-refractivity contribution in [1.29, 1.82) is 0 Å². The summed E-state index contributed by atoms with van der Waals surface area (Å²) in [7, 11) is 1.57. The minimum absolute atomic E-state index is 0.145. The Labute approximate surface area is 149 Å². The number of hydrogen-bond acceptors (Lipinski definition) is 4. The highest BCUT2D eigenvalue weighted by atomic mass is 16.5. The number of pyridine rings is 1. The van der Waals surface area contributed by atoms with Crippen molar-refractivity contribution in [3.05, 3.63) is 24.0 Å². The minimum Gasteiger partial charge on any atom is -0.492 e. The fraction of sp³-hybridized carbons (Fsp3) is 0.611. The van der Waals surface area contributed by atoms with Crippen LogP contribution in [0.1, 0.15) is 39.7 Å². The zero-order valence-electron chi connectivity index (χ0n) is 15.7. The van der Waals surface area contributed by atoms with E-state index in [0.29, 0.717) is 12.4 Å². The number of nitrogens with zero attached hydrogens (tertiary/aromatic N) is 2. The molecule has 0 radical (unpaired) electrons. The molecule has 1 rings (SSSR count). The average molecular weight is 351 g/mol. The highest BCUT2D eigenvalue weighted by molar-refractivity contribution is 5.75. The van der Waals surface area contributed by atoms with Gasteiger partial charge in [-0.15, -0.1) is 0 Å². The van der Waals surface area contributed by atoms with E-state index < -0.39 is 11.9 Å². The molecule has 1 atom stereocenters. The minimum atomic E-state index is -0.927. The zero-order chi connectivity index (χ0) is 19.0. The first-order chi connectivity index (χ1) is 11.6. The Balaban J connectivity index is 2.56. The molecule has 0 saturated carbocycles. The maximum Gasteiger partial charge on any atom is 0.317 e. The highest BCUT2D eigenvalue weighted by Gasteiger charge is 2.17. The molecule has 0 aliphatic carbocycles. The smallest absolute Gasteiger partial charge is 0.317 e. The van der Waals surface area contributed by atoms with Gasteiger partial charge in [-0.05, 0) is 17.9 Å². The largest absolute Gasteiger partial charge is 0.492 e. The molecular formula is C18H29N3O4. The van der Waals surface area contributed by atoms with Gasteiger partial charge in [-0.1, -0.05) is 27.7 Å². The van der Waals surface area contributed by atoms with Crippen LogP contribution in [0.25, 0.3) is 0 Å². The van der Waals surface area contributed by atoms with Crippen molar-refractivity contribution < 1.29 is 19.4 Å². The molecule has 0 aliphatic rings. The third-order valence-electron chi connectivity index (χ3n) is 3.73. The Kier molecular flexibility index (Phi) is 7.67. The van der Waals surface area contributed by atoms with E-state index in [1.165, 1.54) is 4.90 Å². The lowest BCUT2D eigenvalue weighted by Gasteiger charge is -2.21. The topological polar surface area (TPSA) is 91.8 Å². The molecule has 140 valence electrons. The maximum absolute atomic E-state index is 12.1. The first-order valence-corrected chi connectivity index (χ1v) is 8.37. The van der Waals surface area contributed by atoms with E-state index in [0.717, 1.165) is 12.0 Å². The summed E-state index contributed by atoms with van der Waals surface area (Å²) in [4.78, 5) is 28.4. The van der Waals surface area contributed by atoms with Gasteiger partial charge in [0.05, 0.1) is 18.7 Å². The highest BCUT2D eigenvalue weighted by Crippen LogP contribution is 2.21. The van der Waals surface area contributed by atoms with Crippen LogP contribution in [0.3, 0.4) is 0 Å². The fourth-order valence-electron chi connectivity index (χ4n) is 2.03. The predicted octanol–water partition coefficient (Wildman–Crippen LogP) is 2.76. The number of carboxylic acid groups (broad SMARTS) is 1. The summed E-state index contributed by atoms with van der Waals surface area (Å²) < 4.78 is 5.80. The predicted molar refractivity (Wildman–Crippen MR) is 95.5 cm³/mol. The van der Waals surface area contributed by atoms with Gasteiger partial charge in [0.15, 0.2) is 0 Å². The third kappa shape index (κ3) is 7.87. The van der Waals surface area contributed by atoms with Crippen molar-refractivity contribution in [2.24, 2.45) is 11.3 Å². The monoisotopic (exact) mass is 351 g/mol. The van der Waals surface area contributed by atoms with Gasteiger partial charge < -0.3 is 20.1 Å². The van der Waals surface area contributed by atoms with Crippen LogP contribution >= 0.6 is 0 Å². The molecular weight excluding hydrogens is 322 g/mol. The number of ether oxygens (including phenoxy) is 1. The first kappa shape index (κ1) is 20.7. The van der Waals surface area contributed by atoms with Crippen LogP contribution in [0.15, 0.2) is 18.5 Å². The fourth-order valence-corrected chi connectivity index (χ4v) is 2.03. The Hall–Kier alpha value is -2.31. The molecule has 0 saturated heterocycles. The van der Waals surface area contributed by atoms with Gasteiger partial charge in [0.25, 0.3) is 0 Å². The third-order valence-corrected chi connectivity index (χ3v) is 3.73. The number of aliphatic carboxylic acids is 1. The molecule has 25 heavy (non-hydrogen) atoms. The summed E-state index contributed by atoms with van der Waals surface area (Å²) in [5, 5.41) is 11.7. The van der Waals surface area contributed by atoms with Crippen LogP contribution in [0.4, 0.5) is 4.79 Å². The molecule has 1 aromatic rings. The molecule has 1 heterocycles. The van der Waals surface area contributed by atoms with Gasteiger partial charge in [0, 0.05) is 31.9 Å². The lowest BCUT2D eigenvalue weighted by Crippen LogP contribution is -2.40. The van der Waals surface area contributed by atoms with Crippen molar-refractivity contribution >= 4 is 12.0 Å². The molecule has 2 N–H and O–H groups in total. The summed E-state index contributed by atoms with van der Waals surface area (Å²) in [6.07, 6.45) is 4.19.